The molecule has 4 aliphatic carbocycles. The number of hydrogen-bond acceptors (Lipinski definition) is 7. The van der Waals surface area contributed by atoms with Crippen LogP contribution in [-0.4, -0.2) is 57.1 Å². The van der Waals surface area contributed by atoms with Gasteiger partial charge in [0.2, 0.25) is 5.12 Å². The van der Waals surface area contributed by atoms with Crippen molar-refractivity contribution in [3.8, 4) is 0 Å². The maximum atomic E-state index is 17.5. The Labute approximate surface area is 253 Å². The van der Waals surface area contributed by atoms with Gasteiger partial charge in [-0.15, -0.1) is 0 Å². The van der Waals surface area contributed by atoms with Crippen molar-refractivity contribution < 1.29 is 37.8 Å². The Morgan fingerprint density at radius 2 is 1.81 bits per heavy atom. The molecule has 0 radical (unpaired) electrons. The van der Waals surface area contributed by atoms with E-state index in [4.69, 9.17) is 16.3 Å². The van der Waals surface area contributed by atoms with Gasteiger partial charge in [0.15, 0.2) is 22.8 Å². The summed E-state index contributed by atoms with van der Waals surface area (Å²) >= 11 is 6.66. The van der Waals surface area contributed by atoms with Crippen LogP contribution < -0.4 is 0 Å². The number of benzene rings is 1. The number of aliphatic hydroxyl groups excluding tert-OH is 1. The minimum Gasteiger partial charge on any atom is -0.449 e. The number of carbonyl (C=O) groups excluding carboxylic acids is 4. The second kappa shape index (κ2) is 10.7. The zero-order chi connectivity index (χ0) is 30.8. The number of ether oxygens (including phenoxy) is 1. The van der Waals surface area contributed by atoms with E-state index in [9.17, 15) is 24.3 Å². The molecule has 3 fully saturated rings. The number of Topliss-reactive ketones (excluding diaryl/α,β-unsaturated/α-hetero) is 1. The summed E-state index contributed by atoms with van der Waals surface area (Å²) in [5.74, 6) is -3.88. The standard InChI is InChI=1S/C32H35ClF2O6S/c1-5-27(39)41-32(28(40)42-16-25(37)18-6-8-19(33)9-7-18)17(2)12-21-22-14-24(34)23-13-20(36)10-11-29(23,3)31(22,35)26(38)15-30(21,32)4/h6-11,13,17,21-22,24,26,38H,5,12,14-16H2,1-4H3/t17-,21+,22+,24+,26+,29+,30+,31+,32+/m1/s1. The van der Waals surface area contributed by atoms with E-state index in [1.54, 1.807) is 45.0 Å². The minimum atomic E-state index is -2.33. The van der Waals surface area contributed by atoms with Crippen molar-refractivity contribution in [3.05, 3.63) is 58.7 Å². The molecule has 6 nitrogen and oxygen atoms in total. The van der Waals surface area contributed by atoms with Crippen LogP contribution in [0, 0.1) is 28.6 Å². The van der Waals surface area contributed by atoms with Gasteiger partial charge in [0, 0.05) is 39.7 Å². The van der Waals surface area contributed by atoms with Gasteiger partial charge in [0.1, 0.15) is 6.17 Å². The Morgan fingerprint density at radius 1 is 1.14 bits per heavy atom. The van der Waals surface area contributed by atoms with Crippen molar-refractivity contribution in [3.63, 3.8) is 0 Å². The van der Waals surface area contributed by atoms with E-state index >= 15 is 8.78 Å². The fraction of sp³-hybridized carbons (Fsp3) is 0.562. The van der Waals surface area contributed by atoms with E-state index in [0.717, 1.165) is 17.8 Å². The molecule has 10 heteroatoms. The molecular formula is C32H35ClF2O6S. The second-order valence-electron chi connectivity index (χ2n) is 12.6. The molecule has 1 aromatic rings. The third-order valence-corrected chi connectivity index (χ3v) is 11.8. The normalized spacial score (nSPS) is 40.4. The first-order valence-electron chi connectivity index (χ1n) is 14.3. The van der Waals surface area contributed by atoms with Crippen LogP contribution >= 0.6 is 23.4 Å². The second-order valence-corrected chi connectivity index (χ2v) is 14.0. The van der Waals surface area contributed by atoms with Crippen LogP contribution in [0.15, 0.2) is 48.1 Å². The number of fused-ring (bicyclic) bond motifs is 5. The van der Waals surface area contributed by atoms with Crippen LogP contribution in [-0.2, 0) is 19.1 Å². The fourth-order valence-electron chi connectivity index (χ4n) is 8.43. The summed E-state index contributed by atoms with van der Waals surface area (Å²) in [6.07, 6.45) is 0.142. The summed E-state index contributed by atoms with van der Waals surface area (Å²) in [6.45, 7) is 6.58. The van der Waals surface area contributed by atoms with Gasteiger partial charge in [0.05, 0.1) is 11.9 Å². The lowest BCUT2D eigenvalue weighted by Gasteiger charge is -2.63. The predicted octanol–water partition coefficient (Wildman–Crippen LogP) is 6.04. The van der Waals surface area contributed by atoms with E-state index < -0.39 is 69.0 Å². The van der Waals surface area contributed by atoms with Crippen LogP contribution in [0.4, 0.5) is 8.78 Å². The molecule has 0 bridgehead atoms. The maximum absolute atomic E-state index is 17.5. The maximum Gasteiger partial charge on any atom is 0.306 e. The molecule has 3 saturated carbocycles. The van der Waals surface area contributed by atoms with Crippen LogP contribution in [0.5, 0.6) is 0 Å². The molecule has 0 unspecified atom stereocenters. The number of alkyl halides is 2. The first-order valence-corrected chi connectivity index (χ1v) is 15.7. The van der Waals surface area contributed by atoms with Gasteiger partial charge in [-0.1, -0.05) is 50.2 Å². The topological polar surface area (TPSA) is 97.7 Å². The van der Waals surface area contributed by atoms with E-state index in [0.29, 0.717) is 10.6 Å². The molecule has 0 saturated heterocycles. The average molecular weight is 621 g/mol. The van der Waals surface area contributed by atoms with Crippen LogP contribution in [0.25, 0.3) is 0 Å². The Balaban J connectivity index is 1.54. The molecule has 0 heterocycles. The Morgan fingerprint density at radius 3 is 2.45 bits per heavy atom. The highest BCUT2D eigenvalue weighted by Gasteiger charge is 2.78. The molecule has 1 N–H and O–H groups in total. The monoisotopic (exact) mass is 620 g/mol. The van der Waals surface area contributed by atoms with Gasteiger partial charge >= 0.3 is 5.97 Å². The molecule has 226 valence electrons. The van der Waals surface area contributed by atoms with Gasteiger partial charge < -0.3 is 9.84 Å². The van der Waals surface area contributed by atoms with Crippen LogP contribution in [0.3, 0.4) is 0 Å². The SMILES string of the molecule is CCC(=O)O[C@]1(C(=O)SCC(=O)c2ccc(Cl)cc2)[C@H](C)C[C@H]2[C@@H]3C[C@H](F)C4=CC(=O)C=C[C@]4(C)[C@@]3(F)[C@@H](O)C[C@@]21C. The summed E-state index contributed by atoms with van der Waals surface area (Å²) < 4.78 is 39.4. The summed E-state index contributed by atoms with van der Waals surface area (Å²) in [7, 11) is 0. The van der Waals surface area contributed by atoms with E-state index in [1.807, 2.05) is 0 Å². The number of allylic oxidation sites excluding steroid dienone is 4. The summed E-state index contributed by atoms with van der Waals surface area (Å²) in [4.78, 5) is 52.1. The number of aliphatic hydroxyl groups is 1. The fourth-order valence-corrected chi connectivity index (χ4v) is 9.67. The minimum absolute atomic E-state index is 0.0125. The Bertz CT molecular complexity index is 1400. The van der Waals surface area contributed by atoms with Crippen LogP contribution in [0.2, 0.25) is 5.02 Å². The van der Waals surface area contributed by atoms with E-state index in [1.165, 1.54) is 19.1 Å². The molecule has 0 aliphatic heterocycles. The smallest absolute Gasteiger partial charge is 0.306 e. The van der Waals surface area contributed by atoms with Crippen molar-refractivity contribution in [2.45, 2.75) is 76.9 Å². The zero-order valence-electron chi connectivity index (χ0n) is 24.0. The number of carbonyl (C=O) groups is 4. The molecule has 42 heavy (non-hydrogen) atoms. The van der Waals surface area contributed by atoms with Crippen molar-refractivity contribution in [2.75, 3.05) is 5.75 Å². The molecule has 9 atom stereocenters. The molecule has 0 spiro atoms. The lowest BCUT2D eigenvalue weighted by molar-refractivity contribution is -0.228. The van der Waals surface area contributed by atoms with Crippen LogP contribution in [0.1, 0.15) is 63.7 Å². The average Bonchev–Trinajstić information content (AvgIpc) is 3.16. The van der Waals surface area contributed by atoms with Crippen molar-refractivity contribution in [1.82, 2.24) is 0 Å². The van der Waals surface area contributed by atoms with Crippen molar-refractivity contribution in [1.29, 1.82) is 0 Å². The molecule has 0 amide bonds. The molecule has 4 aliphatic rings. The van der Waals surface area contributed by atoms with Crippen molar-refractivity contribution in [2.24, 2.45) is 28.6 Å². The highest BCUT2D eigenvalue weighted by molar-refractivity contribution is 8.14. The highest BCUT2D eigenvalue weighted by atomic mass is 35.5. The number of esters is 1. The number of halogens is 3. The Kier molecular flexibility index (Phi) is 7.89. The van der Waals surface area contributed by atoms with Gasteiger partial charge in [-0.25, -0.2) is 8.78 Å². The summed E-state index contributed by atoms with van der Waals surface area (Å²) in [6, 6.07) is 6.26. The number of rotatable bonds is 6. The van der Waals surface area contributed by atoms with Gasteiger partial charge in [-0.3, -0.25) is 19.2 Å². The number of ketones is 2. The lowest BCUT2D eigenvalue weighted by Crippen LogP contribution is -2.70. The quantitative estimate of drug-likeness (QED) is 0.306. The molecule has 5 rings (SSSR count). The molecular weight excluding hydrogens is 586 g/mol. The largest absolute Gasteiger partial charge is 0.449 e. The third kappa shape index (κ3) is 4.28. The highest BCUT2D eigenvalue weighted by Crippen LogP contribution is 2.72. The van der Waals surface area contributed by atoms with E-state index in [-0.39, 0.29) is 42.8 Å². The predicted molar refractivity (Wildman–Crippen MR) is 156 cm³/mol. The Hall–Kier alpha value is -2.36. The summed E-state index contributed by atoms with van der Waals surface area (Å²) in [5.41, 5.74) is -6.55. The third-order valence-electron chi connectivity index (χ3n) is 10.5. The van der Waals surface area contributed by atoms with Gasteiger partial charge in [0.25, 0.3) is 0 Å². The van der Waals surface area contributed by atoms with E-state index in [2.05, 4.69) is 0 Å². The van der Waals surface area contributed by atoms with Crippen molar-refractivity contribution >= 4 is 46.0 Å². The number of thioether (sulfide) groups is 1. The first-order chi connectivity index (χ1) is 19.7. The zero-order valence-corrected chi connectivity index (χ0v) is 25.6. The van der Waals surface area contributed by atoms with Gasteiger partial charge in [-0.05, 0) is 74.1 Å². The summed E-state index contributed by atoms with van der Waals surface area (Å²) in [5, 5.41) is 11.6. The molecule has 0 aromatic heterocycles. The molecule has 1 aromatic carbocycles. The number of hydrogen-bond donors (Lipinski definition) is 1. The van der Waals surface area contributed by atoms with Gasteiger partial charge in [-0.2, -0.15) is 0 Å². The first kappa shape index (κ1) is 31.1. The lowest BCUT2D eigenvalue weighted by atomic mass is 9.44.